The van der Waals surface area contributed by atoms with Crippen LogP contribution in [-0.2, 0) is 6.54 Å². The summed E-state index contributed by atoms with van der Waals surface area (Å²) in [6, 6.07) is 9.68. The molecule has 1 atom stereocenters. The smallest absolute Gasteiger partial charge is 0.232 e. The number of likely N-dealkylation sites (tertiary alicyclic amines) is 1. The molecule has 116 valence electrons. The van der Waals surface area contributed by atoms with Gasteiger partial charge in [0.2, 0.25) is 5.88 Å². The van der Waals surface area contributed by atoms with Gasteiger partial charge in [0.1, 0.15) is 5.02 Å². The van der Waals surface area contributed by atoms with Crippen molar-refractivity contribution in [2.45, 2.75) is 19.4 Å². The molecule has 2 aromatic heterocycles. The SMILES string of the molecule is Clc1cccnc1OCC1CCCN(Cc2ccccn2)C1. The average Bonchev–Trinajstić information content (AvgIpc) is 2.55. The van der Waals surface area contributed by atoms with E-state index < -0.39 is 0 Å². The second-order valence-electron chi connectivity index (χ2n) is 5.67. The molecule has 0 N–H and O–H groups in total. The van der Waals surface area contributed by atoms with Crippen LogP contribution in [0.5, 0.6) is 5.88 Å². The number of halogens is 1. The van der Waals surface area contributed by atoms with E-state index >= 15 is 0 Å². The number of pyridine rings is 2. The molecule has 0 saturated carbocycles. The van der Waals surface area contributed by atoms with Gasteiger partial charge >= 0.3 is 0 Å². The topological polar surface area (TPSA) is 38.2 Å². The minimum Gasteiger partial charge on any atom is -0.476 e. The molecule has 1 fully saturated rings. The van der Waals surface area contributed by atoms with Crippen molar-refractivity contribution in [2.24, 2.45) is 5.92 Å². The lowest BCUT2D eigenvalue weighted by Gasteiger charge is -2.32. The summed E-state index contributed by atoms with van der Waals surface area (Å²) in [5.74, 6) is 1.04. The molecular formula is C17H20ClN3O. The zero-order valence-electron chi connectivity index (χ0n) is 12.5. The molecule has 0 amide bonds. The first-order chi connectivity index (χ1) is 10.8. The Balaban J connectivity index is 1.51. The van der Waals surface area contributed by atoms with Gasteiger partial charge in [-0.15, -0.1) is 0 Å². The fraction of sp³-hybridized carbons (Fsp3) is 0.412. The molecule has 1 aliphatic rings. The lowest BCUT2D eigenvalue weighted by atomic mass is 9.99. The monoisotopic (exact) mass is 317 g/mol. The van der Waals surface area contributed by atoms with E-state index in [1.54, 1.807) is 12.3 Å². The van der Waals surface area contributed by atoms with E-state index in [2.05, 4.69) is 20.9 Å². The van der Waals surface area contributed by atoms with Crippen molar-refractivity contribution in [3.63, 3.8) is 0 Å². The number of ether oxygens (including phenoxy) is 1. The molecule has 2 aromatic rings. The van der Waals surface area contributed by atoms with Crippen molar-refractivity contribution < 1.29 is 4.74 Å². The molecular weight excluding hydrogens is 298 g/mol. The Bertz CT molecular complexity index is 593. The highest BCUT2D eigenvalue weighted by atomic mass is 35.5. The van der Waals surface area contributed by atoms with E-state index in [0.29, 0.717) is 23.4 Å². The van der Waals surface area contributed by atoms with Gasteiger partial charge in [-0.2, -0.15) is 0 Å². The Hall–Kier alpha value is -1.65. The molecule has 0 aromatic carbocycles. The molecule has 4 nitrogen and oxygen atoms in total. The highest BCUT2D eigenvalue weighted by Crippen LogP contribution is 2.23. The molecule has 1 unspecified atom stereocenters. The number of aromatic nitrogens is 2. The van der Waals surface area contributed by atoms with E-state index in [1.165, 1.54) is 12.8 Å². The van der Waals surface area contributed by atoms with Crippen molar-refractivity contribution in [1.82, 2.24) is 14.9 Å². The maximum Gasteiger partial charge on any atom is 0.232 e. The molecule has 5 heteroatoms. The van der Waals surface area contributed by atoms with Gasteiger partial charge in [-0.1, -0.05) is 17.7 Å². The summed E-state index contributed by atoms with van der Waals surface area (Å²) < 4.78 is 5.79. The Morgan fingerprint density at radius 2 is 2.09 bits per heavy atom. The van der Waals surface area contributed by atoms with Crippen LogP contribution in [0.4, 0.5) is 0 Å². The Morgan fingerprint density at radius 1 is 1.18 bits per heavy atom. The lowest BCUT2D eigenvalue weighted by molar-refractivity contribution is 0.122. The van der Waals surface area contributed by atoms with Gasteiger partial charge in [0.15, 0.2) is 0 Å². The van der Waals surface area contributed by atoms with Crippen LogP contribution in [0.25, 0.3) is 0 Å². The highest BCUT2D eigenvalue weighted by Gasteiger charge is 2.21. The van der Waals surface area contributed by atoms with Gasteiger partial charge < -0.3 is 4.74 Å². The lowest BCUT2D eigenvalue weighted by Crippen LogP contribution is -2.37. The maximum absolute atomic E-state index is 6.07. The summed E-state index contributed by atoms with van der Waals surface area (Å²) in [6.45, 7) is 3.72. The third kappa shape index (κ3) is 4.18. The summed E-state index contributed by atoms with van der Waals surface area (Å²) in [7, 11) is 0. The predicted octanol–water partition coefficient (Wildman–Crippen LogP) is 3.42. The summed E-state index contributed by atoms with van der Waals surface area (Å²) in [5.41, 5.74) is 1.12. The number of nitrogens with zero attached hydrogens (tertiary/aromatic N) is 3. The van der Waals surface area contributed by atoms with Crippen LogP contribution in [-0.4, -0.2) is 34.6 Å². The number of hydrogen-bond acceptors (Lipinski definition) is 4. The zero-order valence-corrected chi connectivity index (χ0v) is 13.2. The van der Waals surface area contributed by atoms with Crippen molar-refractivity contribution in [3.05, 3.63) is 53.4 Å². The van der Waals surface area contributed by atoms with Crippen LogP contribution in [0.3, 0.4) is 0 Å². The third-order valence-corrected chi connectivity index (χ3v) is 4.18. The Labute approximate surface area is 136 Å². The van der Waals surface area contributed by atoms with Crippen LogP contribution >= 0.6 is 11.6 Å². The average molecular weight is 318 g/mol. The van der Waals surface area contributed by atoms with Crippen molar-refractivity contribution in [2.75, 3.05) is 19.7 Å². The minimum atomic E-state index is 0.510. The molecule has 1 aliphatic heterocycles. The van der Waals surface area contributed by atoms with Crippen molar-refractivity contribution >= 4 is 11.6 Å². The summed E-state index contributed by atoms with van der Waals surface area (Å²) in [4.78, 5) is 11.0. The predicted molar refractivity (Wildman–Crippen MR) is 87.0 cm³/mol. The second kappa shape index (κ2) is 7.56. The minimum absolute atomic E-state index is 0.510. The Kier molecular flexibility index (Phi) is 5.24. The van der Waals surface area contributed by atoms with Crippen molar-refractivity contribution in [3.8, 4) is 5.88 Å². The van der Waals surface area contributed by atoms with E-state index in [-0.39, 0.29) is 0 Å². The summed E-state index contributed by atoms with van der Waals surface area (Å²) in [5, 5.41) is 0.573. The van der Waals surface area contributed by atoms with Crippen LogP contribution in [0.1, 0.15) is 18.5 Å². The second-order valence-corrected chi connectivity index (χ2v) is 6.07. The normalized spacial score (nSPS) is 19.0. The van der Waals surface area contributed by atoms with E-state index in [4.69, 9.17) is 16.3 Å². The molecule has 1 saturated heterocycles. The van der Waals surface area contributed by atoms with Gasteiger partial charge in [0, 0.05) is 31.4 Å². The van der Waals surface area contributed by atoms with Gasteiger partial charge in [0.05, 0.1) is 12.3 Å². The van der Waals surface area contributed by atoms with E-state index in [0.717, 1.165) is 25.3 Å². The quantitative estimate of drug-likeness (QED) is 0.847. The number of hydrogen-bond donors (Lipinski definition) is 0. The molecule has 22 heavy (non-hydrogen) atoms. The molecule has 0 bridgehead atoms. The first-order valence-electron chi connectivity index (χ1n) is 7.67. The maximum atomic E-state index is 6.07. The van der Waals surface area contributed by atoms with Gasteiger partial charge in [-0.25, -0.2) is 4.98 Å². The van der Waals surface area contributed by atoms with Crippen molar-refractivity contribution in [1.29, 1.82) is 0 Å². The highest BCUT2D eigenvalue weighted by molar-refractivity contribution is 6.31. The van der Waals surface area contributed by atoms with Crippen LogP contribution < -0.4 is 4.74 Å². The number of rotatable bonds is 5. The largest absolute Gasteiger partial charge is 0.476 e. The van der Waals surface area contributed by atoms with Gasteiger partial charge in [-0.05, 0) is 43.7 Å². The molecule has 0 spiro atoms. The van der Waals surface area contributed by atoms with Crippen LogP contribution in [0, 0.1) is 5.92 Å². The Morgan fingerprint density at radius 3 is 2.91 bits per heavy atom. The first kappa shape index (κ1) is 15.3. The van der Waals surface area contributed by atoms with Gasteiger partial charge in [0.25, 0.3) is 0 Å². The van der Waals surface area contributed by atoms with Crippen LogP contribution in [0.2, 0.25) is 5.02 Å². The van der Waals surface area contributed by atoms with Gasteiger partial charge in [-0.3, -0.25) is 9.88 Å². The fourth-order valence-electron chi connectivity index (χ4n) is 2.83. The first-order valence-corrected chi connectivity index (χ1v) is 8.04. The molecule has 3 heterocycles. The fourth-order valence-corrected chi connectivity index (χ4v) is 3.00. The third-order valence-electron chi connectivity index (χ3n) is 3.90. The van der Waals surface area contributed by atoms with Crippen LogP contribution in [0.15, 0.2) is 42.7 Å². The molecule has 0 radical (unpaired) electrons. The summed E-state index contributed by atoms with van der Waals surface area (Å²) in [6.07, 6.45) is 5.93. The summed E-state index contributed by atoms with van der Waals surface area (Å²) >= 11 is 6.07. The van der Waals surface area contributed by atoms with E-state index in [1.807, 2.05) is 24.4 Å². The molecule has 3 rings (SSSR count). The standard InChI is InChI=1S/C17H20ClN3O/c18-16-7-3-9-20-17(16)22-13-14-5-4-10-21(11-14)12-15-6-1-2-8-19-15/h1-3,6-9,14H,4-5,10-13H2. The zero-order chi connectivity index (χ0) is 15.2. The number of piperidine rings is 1. The molecule has 0 aliphatic carbocycles. The van der Waals surface area contributed by atoms with E-state index in [9.17, 15) is 0 Å².